The second-order valence-electron chi connectivity index (χ2n) is 8.39. The molecule has 0 aliphatic rings. The normalized spacial score (nSPS) is 10.6. The van der Waals surface area contributed by atoms with E-state index in [1.165, 1.54) is 21.3 Å². The van der Waals surface area contributed by atoms with Crippen molar-refractivity contribution in [3.05, 3.63) is 71.3 Å². The van der Waals surface area contributed by atoms with Crippen LogP contribution in [0.4, 0.5) is 0 Å². The first kappa shape index (κ1) is 28.9. The van der Waals surface area contributed by atoms with Crippen LogP contribution in [0.2, 0.25) is 0 Å². The zero-order valence-electron chi connectivity index (χ0n) is 22.5. The molecular formula is C30H34O7S. The summed E-state index contributed by atoms with van der Waals surface area (Å²) >= 11 is 1.61. The van der Waals surface area contributed by atoms with Crippen molar-refractivity contribution >= 4 is 23.3 Å². The van der Waals surface area contributed by atoms with Gasteiger partial charge in [0.15, 0.2) is 34.6 Å². The number of carbonyl (C=O) groups is 2. The van der Waals surface area contributed by atoms with E-state index in [-0.39, 0.29) is 24.4 Å². The first-order chi connectivity index (χ1) is 18.4. The molecule has 3 aromatic carbocycles. The number of ketones is 2. The number of methoxy groups -OCH3 is 4. The molecule has 0 atom stereocenters. The number of rotatable bonds is 15. The Morgan fingerprint density at radius 1 is 0.711 bits per heavy atom. The Morgan fingerprint density at radius 2 is 1.24 bits per heavy atom. The molecule has 0 N–H and O–H groups in total. The van der Waals surface area contributed by atoms with E-state index >= 15 is 0 Å². The minimum Gasteiger partial charge on any atom is -0.493 e. The van der Waals surface area contributed by atoms with Gasteiger partial charge < -0.3 is 23.7 Å². The van der Waals surface area contributed by atoms with Crippen molar-refractivity contribution in [3.63, 3.8) is 0 Å². The average Bonchev–Trinajstić information content (AvgIpc) is 2.96. The smallest absolute Gasteiger partial charge is 0.203 e. The lowest BCUT2D eigenvalue weighted by Crippen LogP contribution is -2.08. The van der Waals surface area contributed by atoms with Crippen LogP contribution in [0.3, 0.4) is 0 Å². The van der Waals surface area contributed by atoms with Gasteiger partial charge in [-0.05, 0) is 42.0 Å². The minimum atomic E-state index is -0.201. The SMILES string of the molecule is CCCSc1cc(C(=O)CCC(=O)c2cc(OC)c(OC)c(OC)c2)cc(OC)c1OCc1ccccc1. The van der Waals surface area contributed by atoms with Crippen molar-refractivity contribution in [2.24, 2.45) is 0 Å². The van der Waals surface area contributed by atoms with Gasteiger partial charge in [-0.3, -0.25) is 9.59 Å². The quantitative estimate of drug-likeness (QED) is 0.157. The Kier molecular flexibility index (Phi) is 10.9. The highest BCUT2D eigenvalue weighted by molar-refractivity contribution is 7.99. The number of ether oxygens (including phenoxy) is 5. The molecule has 0 fully saturated rings. The molecule has 202 valence electrons. The van der Waals surface area contributed by atoms with Crippen molar-refractivity contribution in [3.8, 4) is 28.7 Å². The predicted octanol–water partition coefficient (Wildman–Crippen LogP) is 6.65. The summed E-state index contributed by atoms with van der Waals surface area (Å²) in [5.74, 6) is 2.78. The third-order valence-corrected chi connectivity index (χ3v) is 7.04. The van der Waals surface area contributed by atoms with Crippen LogP contribution in [0.1, 0.15) is 52.5 Å². The average molecular weight is 539 g/mol. The molecule has 0 saturated heterocycles. The molecule has 0 aliphatic heterocycles. The van der Waals surface area contributed by atoms with Crippen LogP contribution in [0.15, 0.2) is 59.5 Å². The molecule has 0 amide bonds. The van der Waals surface area contributed by atoms with Gasteiger partial charge in [-0.15, -0.1) is 11.8 Å². The minimum absolute atomic E-state index is 0.0312. The van der Waals surface area contributed by atoms with E-state index in [2.05, 4.69) is 6.92 Å². The summed E-state index contributed by atoms with van der Waals surface area (Å²) in [7, 11) is 6.04. The molecule has 0 aliphatic carbocycles. The van der Waals surface area contributed by atoms with Crippen molar-refractivity contribution in [1.29, 1.82) is 0 Å². The first-order valence-electron chi connectivity index (χ1n) is 12.3. The van der Waals surface area contributed by atoms with Crippen molar-refractivity contribution in [2.45, 2.75) is 37.7 Å². The highest BCUT2D eigenvalue weighted by atomic mass is 32.2. The van der Waals surface area contributed by atoms with Crippen LogP contribution in [0.25, 0.3) is 0 Å². The van der Waals surface area contributed by atoms with Gasteiger partial charge in [0, 0.05) is 24.0 Å². The lowest BCUT2D eigenvalue weighted by molar-refractivity contribution is 0.0917. The van der Waals surface area contributed by atoms with Gasteiger partial charge >= 0.3 is 0 Å². The Hall–Kier alpha value is -3.65. The van der Waals surface area contributed by atoms with E-state index in [1.54, 1.807) is 37.1 Å². The van der Waals surface area contributed by atoms with Gasteiger partial charge in [0.25, 0.3) is 0 Å². The lowest BCUT2D eigenvalue weighted by atomic mass is 10.0. The largest absolute Gasteiger partial charge is 0.493 e. The van der Waals surface area contributed by atoms with Gasteiger partial charge in [0.2, 0.25) is 5.75 Å². The van der Waals surface area contributed by atoms with Gasteiger partial charge in [-0.25, -0.2) is 0 Å². The molecule has 0 saturated carbocycles. The van der Waals surface area contributed by atoms with E-state index in [9.17, 15) is 9.59 Å². The molecule has 3 aromatic rings. The summed E-state index contributed by atoms with van der Waals surface area (Å²) < 4.78 is 27.8. The molecule has 0 bridgehead atoms. The summed E-state index contributed by atoms with van der Waals surface area (Å²) in [5, 5.41) is 0. The van der Waals surface area contributed by atoms with Crippen molar-refractivity contribution in [2.75, 3.05) is 34.2 Å². The Bertz CT molecular complexity index is 1220. The highest BCUT2D eigenvalue weighted by Gasteiger charge is 2.20. The maximum absolute atomic E-state index is 13.2. The fraction of sp³-hybridized carbons (Fsp3) is 0.333. The van der Waals surface area contributed by atoms with Crippen LogP contribution >= 0.6 is 11.8 Å². The van der Waals surface area contributed by atoms with E-state index < -0.39 is 0 Å². The molecule has 0 spiro atoms. The highest BCUT2D eigenvalue weighted by Crippen LogP contribution is 2.41. The summed E-state index contributed by atoms with van der Waals surface area (Å²) in [6.45, 7) is 2.48. The summed E-state index contributed by atoms with van der Waals surface area (Å²) in [6, 6.07) is 16.6. The van der Waals surface area contributed by atoms with Crippen LogP contribution < -0.4 is 23.7 Å². The van der Waals surface area contributed by atoms with E-state index in [1.807, 2.05) is 36.4 Å². The van der Waals surface area contributed by atoms with Gasteiger partial charge in [-0.1, -0.05) is 37.3 Å². The Balaban J connectivity index is 1.79. The number of thioether (sulfide) groups is 1. The van der Waals surface area contributed by atoms with Crippen molar-refractivity contribution < 1.29 is 33.3 Å². The van der Waals surface area contributed by atoms with E-state index in [0.717, 1.165) is 22.6 Å². The zero-order valence-corrected chi connectivity index (χ0v) is 23.3. The number of hydrogen-bond acceptors (Lipinski definition) is 8. The van der Waals surface area contributed by atoms with Gasteiger partial charge in [-0.2, -0.15) is 0 Å². The molecule has 7 nitrogen and oxygen atoms in total. The summed E-state index contributed by atoms with van der Waals surface area (Å²) in [6.07, 6.45) is 1.04. The standard InChI is InChI=1S/C30H34O7S/c1-6-14-38-28-18-22(17-27(35-4)30(28)37-19-20-10-8-7-9-11-20)24(32)13-12-23(31)21-15-25(33-2)29(36-5)26(16-21)34-3/h7-11,15-18H,6,12-14,19H2,1-5H3. The van der Waals surface area contributed by atoms with Crippen molar-refractivity contribution in [1.82, 2.24) is 0 Å². The van der Waals surface area contributed by atoms with Gasteiger partial charge in [0.1, 0.15) is 6.61 Å². The Morgan fingerprint density at radius 3 is 1.74 bits per heavy atom. The monoisotopic (exact) mass is 538 g/mol. The number of Topliss-reactive ketones (excluding diaryl/α,β-unsaturated/α-hetero) is 2. The van der Waals surface area contributed by atoms with E-state index in [0.29, 0.717) is 46.5 Å². The Labute approximate surface area is 228 Å². The molecule has 0 unspecified atom stereocenters. The van der Waals surface area contributed by atoms with E-state index in [4.69, 9.17) is 23.7 Å². The van der Waals surface area contributed by atoms with Crippen LogP contribution in [-0.4, -0.2) is 45.8 Å². The molecule has 0 radical (unpaired) electrons. The fourth-order valence-electron chi connectivity index (χ4n) is 3.84. The molecular weight excluding hydrogens is 504 g/mol. The summed E-state index contributed by atoms with van der Waals surface area (Å²) in [4.78, 5) is 27.0. The third-order valence-electron chi connectivity index (χ3n) is 5.82. The number of benzene rings is 3. The maximum atomic E-state index is 13.2. The maximum Gasteiger partial charge on any atom is 0.203 e. The van der Waals surface area contributed by atoms with Crippen LogP contribution in [0.5, 0.6) is 28.7 Å². The number of carbonyl (C=O) groups excluding carboxylic acids is 2. The topological polar surface area (TPSA) is 80.3 Å². The lowest BCUT2D eigenvalue weighted by Gasteiger charge is -2.17. The number of hydrogen-bond donors (Lipinski definition) is 0. The molecule has 38 heavy (non-hydrogen) atoms. The predicted molar refractivity (Wildman–Crippen MR) is 149 cm³/mol. The second kappa shape index (κ2) is 14.3. The molecule has 8 heteroatoms. The van der Waals surface area contributed by atoms with Gasteiger partial charge in [0.05, 0.1) is 33.3 Å². The summed E-state index contributed by atoms with van der Waals surface area (Å²) in [5.41, 5.74) is 1.89. The first-order valence-corrected chi connectivity index (χ1v) is 13.3. The molecule has 0 aromatic heterocycles. The van der Waals surface area contributed by atoms with Crippen LogP contribution in [-0.2, 0) is 6.61 Å². The zero-order chi connectivity index (χ0) is 27.5. The van der Waals surface area contributed by atoms with Crippen LogP contribution in [0, 0.1) is 0 Å². The molecule has 0 heterocycles. The molecule has 3 rings (SSSR count). The second-order valence-corrected chi connectivity index (χ2v) is 9.53. The third kappa shape index (κ3) is 7.22. The fourth-order valence-corrected chi connectivity index (χ4v) is 4.76.